The maximum atomic E-state index is 12.1. The lowest BCUT2D eigenvalue weighted by atomic mass is 10.3. The highest BCUT2D eigenvalue weighted by atomic mass is 35.5. The monoisotopic (exact) mass is 261 g/mol. The van der Waals surface area contributed by atoms with Crippen molar-refractivity contribution in [3.8, 4) is 0 Å². The van der Waals surface area contributed by atoms with Crippen LogP contribution in [0.1, 0.15) is 21.8 Å². The Kier molecular flexibility index (Phi) is 5.18. The van der Waals surface area contributed by atoms with Crippen molar-refractivity contribution in [3.63, 3.8) is 0 Å². The predicted molar refractivity (Wildman–Crippen MR) is 67.5 cm³/mol. The van der Waals surface area contributed by atoms with E-state index in [9.17, 15) is 4.79 Å². The molecule has 1 saturated heterocycles. The largest absolute Gasteiger partial charge is 0.337 e. The summed E-state index contributed by atoms with van der Waals surface area (Å²) < 4.78 is 0. The van der Waals surface area contributed by atoms with Crippen LogP contribution in [0.5, 0.6) is 0 Å². The fourth-order valence-corrected chi connectivity index (χ4v) is 2.47. The molecule has 1 amide bonds. The highest BCUT2D eigenvalue weighted by Crippen LogP contribution is 2.15. The Hall–Kier alpha value is -0.650. The minimum absolute atomic E-state index is 0. The lowest BCUT2D eigenvalue weighted by molar-refractivity contribution is 0.0770. The van der Waals surface area contributed by atoms with Gasteiger partial charge in [0.15, 0.2) is 0 Å². The van der Waals surface area contributed by atoms with Gasteiger partial charge < -0.3 is 10.2 Å². The molecule has 1 aromatic rings. The Bertz CT molecular complexity index is 348. The summed E-state index contributed by atoms with van der Waals surface area (Å²) >= 11 is 1.44. The standard InChI is InChI=1S/C10H15N3OS.ClH/c1-8-9(15-7-12-8)10(14)13-5-2-3-11-4-6-13;/h7,11H,2-6H2,1H3;1H. The van der Waals surface area contributed by atoms with Crippen molar-refractivity contribution in [1.82, 2.24) is 15.2 Å². The van der Waals surface area contributed by atoms with E-state index in [0.717, 1.165) is 43.2 Å². The van der Waals surface area contributed by atoms with Crippen LogP contribution in [0.3, 0.4) is 0 Å². The van der Waals surface area contributed by atoms with Crippen LogP contribution in [0, 0.1) is 6.92 Å². The van der Waals surface area contributed by atoms with Crippen LogP contribution in [-0.4, -0.2) is 42.0 Å². The van der Waals surface area contributed by atoms with Crippen LogP contribution in [0.15, 0.2) is 5.51 Å². The molecule has 0 aromatic carbocycles. The number of halogens is 1. The first-order chi connectivity index (χ1) is 7.29. The topological polar surface area (TPSA) is 45.2 Å². The number of amides is 1. The number of hydrogen-bond donors (Lipinski definition) is 1. The number of carbonyl (C=O) groups excluding carboxylic acids is 1. The van der Waals surface area contributed by atoms with Gasteiger partial charge in [-0.05, 0) is 19.9 Å². The SMILES string of the molecule is Cc1ncsc1C(=O)N1CCCNCC1.Cl. The highest BCUT2D eigenvalue weighted by molar-refractivity contribution is 7.11. The molecule has 0 atom stereocenters. The quantitative estimate of drug-likeness (QED) is 0.829. The van der Waals surface area contributed by atoms with E-state index in [0.29, 0.717) is 0 Å². The number of thiazole rings is 1. The zero-order valence-corrected chi connectivity index (χ0v) is 10.9. The zero-order chi connectivity index (χ0) is 10.7. The fourth-order valence-electron chi connectivity index (χ4n) is 1.70. The Morgan fingerprint density at radius 1 is 1.50 bits per heavy atom. The predicted octanol–water partition coefficient (Wildman–Crippen LogP) is 1.31. The van der Waals surface area contributed by atoms with Gasteiger partial charge in [0.1, 0.15) is 4.88 Å². The maximum absolute atomic E-state index is 12.1. The first-order valence-electron chi connectivity index (χ1n) is 5.19. The summed E-state index contributed by atoms with van der Waals surface area (Å²) in [5.41, 5.74) is 2.58. The summed E-state index contributed by atoms with van der Waals surface area (Å²) in [5, 5.41) is 3.29. The van der Waals surface area contributed by atoms with E-state index in [1.54, 1.807) is 5.51 Å². The minimum atomic E-state index is 0. The summed E-state index contributed by atoms with van der Waals surface area (Å²) in [4.78, 5) is 18.9. The van der Waals surface area contributed by atoms with Gasteiger partial charge in [-0.1, -0.05) is 0 Å². The number of hydrogen-bond acceptors (Lipinski definition) is 4. The van der Waals surface area contributed by atoms with Gasteiger partial charge in [-0.15, -0.1) is 23.7 Å². The molecule has 1 aliphatic rings. The molecule has 6 heteroatoms. The van der Waals surface area contributed by atoms with E-state index in [1.165, 1.54) is 11.3 Å². The molecule has 0 spiro atoms. The number of nitrogens with zero attached hydrogens (tertiary/aromatic N) is 2. The molecule has 0 aliphatic carbocycles. The van der Waals surface area contributed by atoms with Crippen LogP contribution in [0.4, 0.5) is 0 Å². The van der Waals surface area contributed by atoms with Crippen molar-refractivity contribution in [2.75, 3.05) is 26.2 Å². The minimum Gasteiger partial charge on any atom is -0.337 e. The molecule has 2 heterocycles. The summed E-state index contributed by atoms with van der Waals surface area (Å²) in [7, 11) is 0. The molecule has 1 aliphatic heterocycles. The summed E-state index contributed by atoms with van der Waals surface area (Å²) in [6.07, 6.45) is 1.03. The Morgan fingerprint density at radius 2 is 2.31 bits per heavy atom. The molecule has 0 unspecified atom stereocenters. The van der Waals surface area contributed by atoms with Crippen LogP contribution in [-0.2, 0) is 0 Å². The van der Waals surface area contributed by atoms with Gasteiger partial charge in [-0.2, -0.15) is 0 Å². The van der Waals surface area contributed by atoms with E-state index >= 15 is 0 Å². The molecule has 1 fully saturated rings. The molecule has 0 saturated carbocycles. The van der Waals surface area contributed by atoms with Gasteiger partial charge in [-0.3, -0.25) is 4.79 Å². The van der Waals surface area contributed by atoms with Crippen molar-refractivity contribution < 1.29 is 4.79 Å². The van der Waals surface area contributed by atoms with Crippen LogP contribution >= 0.6 is 23.7 Å². The second-order valence-corrected chi connectivity index (χ2v) is 4.52. The normalized spacial score (nSPS) is 16.4. The Balaban J connectivity index is 0.00000128. The van der Waals surface area contributed by atoms with Gasteiger partial charge in [0.2, 0.25) is 0 Å². The van der Waals surface area contributed by atoms with Crippen LogP contribution in [0.25, 0.3) is 0 Å². The third-order valence-corrected chi connectivity index (χ3v) is 3.48. The van der Waals surface area contributed by atoms with E-state index in [1.807, 2.05) is 11.8 Å². The first kappa shape index (κ1) is 13.4. The molecule has 1 N–H and O–H groups in total. The molecule has 1 aromatic heterocycles. The number of nitrogens with one attached hydrogen (secondary N) is 1. The first-order valence-corrected chi connectivity index (χ1v) is 6.07. The average molecular weight is 262 g/mol. The van der Waals surface area contributed by atoms with Gasteiger partial charge in [0.05, 0.1) is 11.2 Å². The smallest absolute Gasteiger partial charge is 0.265 e. The molecule has 90 valence electrons. The Morgan fingerprint density at radius 3 is 3.00 bits per heavy atom. The average Bonchev–Trinajstić information content (AvgIpc) is 2.53. The highest BCUT2D eigenvalue weighted by Gasteiger charge is 2.20. The van der Waals surface area contributed by atoms with Gasteiger partial charge in [0.25, 0.3) is 5.91 Å². The van der Waals surface area contributed by atoms with Crippen molar-refractivity contribution in [1.29, 1.82) is 0 Å². The van der Waals surface area contributed by atoms with Crippen molar-refractivity contribution in [3.05, 3.63) is 16.1 Å². The van der Waals surface area contributed by atoms with Crippen molar-refractivity contribution in [2.45, 2.75) is 13.3 Å². The molecule has 0 radical (unpaired) electrons. The maximum Gasteiger partial charge on any atom is 0.265 e. The van der Waals surface area contributed by atoms with E-state index < -0.39 is 0 Å². The van der Waals surface area contributed by atoms with E-state index in [2.05, 4.69) is 10.3 Å². The summed E-state index contributed by atoms with van der Waals surface area (Å²) in [6.45, 7) is 5.44. The van der Waals surface area contributed by atoms with Crippen LogP contribution in [0.2, 0.25) is 0 Å². The molecule has 2 rings (SSSR count). The lowest BCUT2D eigenvalue weighted by Gasteiger charge is -2.19. The number of rotatable bonds is 1. The second kappa shape index (κ2) is 6.18. The molecular weight excluding hydrogens is 246 g/mol. The molecule has 4 nitrogen and oxygen atoms in total. The third-order valence-electron chi connectivity index (χ3n) is 2.57. The summed E-state index contributed by atoms with van der Waals surface area (Å²) in [5.74, 6) is 0.138. The van der Waals surface area contributed by atoms with Crippen molar-refractivity contribution >= 4 is 29.7 Å². The second-order valence-electron chi connectivity index (χ2n) is 3.66. The van der Waals surface area contributed by atoms with Gasteiger partial charge >= 0.3 is 0 Å². The number of aryl methyl sites for hydroxylation is 1. The number of aromatic nitrogens is 1. The molecular formula is C10H16ClN3OS. The lowest BCUT2D eigenvalue weighted by Crippen LogP contribution is -2.34. The third kappa shape index (κ3) is 2.93. The Labute approximate surface area is 105 Å². The number of carbonyl (C=O) groups is 1. The van der Waals surface area contributed by atoms with Crippen LogP contribution < -0.4 is 5.32 Å². The van der Waals surface area contributed by atoms with Gasteiger partial charge in [-0.25, -0.2) is 4.98 Å². The van der Waals surface area contributed by atoms with E-state index in [-0.39, 0.29) is 18.3 Å². The molecule has 16 heavy (non-hydrogen) atoms. The fraction of sp³-hybridized carbons (Fsp3) is 0.600. The molecule has 0 bridgehead atoms. The zero-order valence-electron chi connectivity index (χ0n) is 9.23. The summed E-state index contributed by atoms with van der Waals surface area (Å²) in [6, 6.07) is 0. The van der Waals surface area contributed by atoms with E-state index in [4.69, 9.17) is 0 Å². The van der Waals surface area contributed by atoms with Gasteiger partial charge in [0, 0.05) is 19.6 Å². The van der Waals surface area contributed by atoms with Crippen molar-refractivity contribution in [2.24, 2.45) is 0 Å².